The lowest BCUT2D eigenvalue weighted by Crippen LogP contribution is -2.38. The van der Waals surface area contributed by atoms with Gasteiger partial charge < -0.3 is 15.4 Å². The third-order valence-corrected chi connectivity index (χ3v) is 5.46. The number of fused-ring (bicyclic) bond motifs is 1. The number of ether oxygens (including phenoxy) is 1. The minimum absolute atomic E-state index is 0. The Balaban J connectivity index is 0.00000161. The first-order valence-corrected chi connectivity index (χ1v) is 8.39. The van der Waals surface area contributed by atoms with Crippen LogP contribution in [0.3, 0.4) is 0 Å². The van der Waals surface area contributed by atoms with Crippen molar-refractivity contribution in [1.82, 2.24) is 4.90 Å². The Kier molecular flexibility index (Phi) is 6.33. The molecule has 0 radical (unpaired) electrons. The first-order valence-electron chi connectivity index (χ1n) is 8.39. The number of carbonyl (C=O) groups is 1. The topological polar surface area (TPSA) is 55.6 Å². The maximum absolute atomic E-state index is 12.4. The molecule has 2 saturated heterocycles. The van der Waals surface area contributed by atoms with Crippen LogP contribution in [-0.2, 0) is 9.53 Å². The predicted molar refractivity (Wildman–Crippen MR) is 85.5 cm³/mol. The molecule has 1 aliphatic carbocycles. The quantitative estimate of drug-likeness (QED) is 0.869. The molecule has 1 saturated carbocycles. The fourth-order valence-electron chi connectivity index (χ4n) is 4.20. The molecule has 3 fully saturated rings. The molecule has 21 heavy (non-hydrogen) atoms. The summed E-state index contributed by atoms with van der Waals surface area (Å²) in [5.74, 6) is 1.54. The minimum atomic E-state index is 0. The van der Waals surface area contributed by atoms with Gasteiger partial charge in [0, 0.05) is 32.2 Å². The van der Waals surface area contributed by atoms with Crippen LogP contribution < -0.4 is 5.73 Å². The normalized spacial score (nSPS) is 36.0. The van der Waals surface area contributed by atoms with E-state index in [1.165, 1.54) is 25.7 Å². The Morgan fingerprint density at radius 1 is 1.14 bits per heavy atom. The Bertz CT molecular complexity index is 347. The van der Waals surface area contributed by atoms with Crippen molar-refractivity contribution < 1.29 is 9.53 Å². The van der Waals surface area contributed by atoms with Gasteiger partial charge in [-0.3, -0.25) is 4.79 Å². The highest BCUT2D eigenvalue weighted by molar-refractivity contribution is 5.85. The monoisotopic (exact) mass is 316 g/mol. The van der Waals surface area contributed by atoms with E-state index in [-0.39, 0.29) is 12.4 Å². The zero-order valence-corrected chi connectivity index (χ0v) is 13.7. The lowest BCUT2D eigenvalue weighted by atomic mass is 9.78. The molecule has 0 aromatic heterocycles. The molecule has 2 aliphatic heterocycles. The van der Waals surface area contributed by atoms with Crippen molar-refractivity contribution in [3.8, 4) is 0 Å². The van der Waals surface area contributed by atoms with E-state index in [2.05, 4.69) is 4.90 Å². The standard InChI is InChI=1S/C16H28N2O2.ClH/c17-15-6-3-4-12-10-18(11-14(12)15)16(19)8-7-13-5-1-2-9-20-13;/h12-15H,1-11,17H2;1H. The van der Waals surface area contributed by atoms with Crippen LogP contribution in [0.5, 0.6) is 0 Å². The van der Waals surface area contributed by atoms with Crippen molar-refractivity contribution in [3.05, 3.63) is 0 Å². The van der Waals surface area contributed by atoms with Gasteiger partial charge in [0.25, 0.3) is 0 Å². The molecule has 0 spiro atoms. The number of carbonyl (C=O) groups excluding carboxylic acids is 1. The molecule has 4 nitrogen and oxygen atoms in total. The van der Waals surface area contributed by atoms with Gasteiger partial charge in [-0.05, 0) is 50.4 Å². The van der Waals surface area contributed by atoms with Gasteiger partial charge in [0.2, 0.25) is 5.91 Å². The Morgan fingerprint density at radius 2 is 2.00 bits per heavy atom. The second-order valence-corrected chi connectivity index (χ2v) is 6.84. The van der Waals surface area contributed by atoms with Gasteiger partial charge in [-0.2, -0.15) is 0 Å². The van der Waals surface area contributed by atoms with Crippen LogP contribution in [0.15, 0.2) is 0 Å². The highest BCUT2D eigenvalue weighted by atomic mass is 35.5. The average Bonchev–Trinajstić information content (AvgIpc) is 2.91. The molecule has 5 heteroatoms. The second kappa shape index (κ2) is 7.80. The first-order chi connectivity index (χ1) is 9.74. The van der Waals surface area contributed by atoms with Crippen molar-refractivity contribution in [2.75, 3.05) is 19.7 Å². The number of amides is 1. The van der Waals surface area contributed by atoms with Crippen LogP contribution in [0, 0.1) is 11.8 Å². The third-order valence-electron chi connectivity index (χ3n) is 5.46. The van der Waals surface area contributed by atoms with E-state index < -0.39 is 0 Å². The molecule has 3 aliphatic rings. The van der Waals surface area contributed by atoms with E-state index >= 15 is 0 Å². The van der Waals surface area contributed by atoms with Crippen LogP contribution in [0.25, 0.3) is 0 Å². The highest BCUT2D eigenvalue weighted by Gasteiger charge is 2.40. The zero-order chi connectivity index (χ0) is 13.9. The van der Waals surface area contributed by atoms with Crippen LogP contribution in [0.1, 0.15) is 51.4 Å². The van der Waals surface area contributed by atoms with Gasteiger partial charge in [0.1, 0.15) is 0 Å². The number of hydrogen-bond acceptors (Lipinski definition) is 3. The third kappa shape index (κ3) is 4.11. The number of rotatable bonds is 3. The number of halogens is 1. The maximum atomic E-state index is 12.4. The van der Waals surface area contributed by atoms with Crippen molar-refractivity contribution in [3.63, 3.8) is 0 Å². The largest absolute Gasteiger partial charge is 0.378 e. The van der Waals surface area contributed by atoms with Gasteiger partial charge in [0.15, 0.2) is 0 Å². The molecular weight excluding hydrogens is 288 g/mol. The number of hydrogen-bond donors (Lipinski definition) is 1. The summed E-state index contributed by atoms with van der Waals surface area (Å²) < 4.78 is 5.71. The van der Waals surface area contributed by atoms with Gasteiger partial charge in [-0.15, -0.1) is 12.4 Å². The van der Waals surface area contributed by atoms with Gasteiger partial charge >= 0.3 is 0 Å². The van der Waals surface area contributed by atoms with Crippen molar-refractivity contribution in [1.29, 1.82) is 0 Å². The molecule has 0 aromatic rings. The van der Waals surface area contributed by atoms with Crippen LogP contribution >= 0.6 is 12.4 Å². The van der Waals surface area contributed by atoms with E-state index in [1.807, 2.05) is 0 Å². The SMILES string of the molecule is Cl.NC1CCCC2CN(C(=O)CCC3CCCCO3)CC12. The summed E-state index contributed by atoms with van der Waals surface area (Å²) in [6.07, 6.45) is 9.06. The number of nitrogens with zero attached hydrogens (tertiary/aromatic N) is 1. The minimum Gasteiger partial charge on any atom is -0.378 e. The Morgan fingerprint density at radius 3 is 2.71 bits per heavy atom. The number of nitrogens with two attached hydrogens (primary N) is 1. The van der Waals surface area contributed by atoms with Crippen molar-refractivity contribution >= 4 is 18.3 Å². The summed E-state index contributed by atoms with van der Waals surface area (Å²) in [6, 6.07) is 0.313. The Hall–Kier alpha value is -0.320. The smallest absolute Gasteiger partial charge is 0.222 e. The lowest BCUT2D eigenvalue weighted by molar-refractivity contribution is -0.131. The van der Waals surface area contributed by atoms with E-state index in [0.29, 0.717) is 36.3 Å². The molecule has 2 N–H and O–H groups in total. The zero-order valence-electron chi connectivity index (χ0n) is 12.8. The first kappa shape index (κ1) is 17.0. The molecule has 1 amide bonds. The van der Waals surface area contributed by atoms with Crippen LogP contribution in [-0.4, -0.2) is 42.6 Å². The number of likely N-dealkylation sites (tertiary alicyclic amines) is 1. The summed E-state index contributed by atoms with van der Waals surface area (Å²) in [6.45, 7) is 2.72. The average molecular weight is 317 g/mol. The molecule has 2 heterocycles. The summed E-state index contributed by atoms with van der Waals surface area (Å²) in [5, 5.41) is 0. The summed E-state index contributed by atoms with van der Waals surface area (Å²) in [5.41, 5.74) is 6.22. The van der Waals surface area contributed by atoms with E-state index in [1.54, 1.807) is 0 Å². The molecule has 0 aromatic carbocycles. The molecule has 4 unspecified atom stereocenters. The van der Waals surface area contributed by atoms with Gasteiger partial charge in [0.05, 0.1) is 6.10 Å². The fourth-order valence-corrected chi connectivity index (χ4v) is 4.20. The van der Waals surface area contributed by atoms with Crippen molar-refractivity contribution in [2.24, 2.45) is 17.6 Å². The summed E-state index contributed by atoms with van der Waals surface area (Å²) >= 11 is 0. The van der Waals surface area contributed by atoms with Gasteiger partial charge in [-0.1, -0.05) is 6.42 Å². The molecule has 4 atom stereocenters. The fraction of sp³-hybridized carbons (Fsp3) is 0.938. The lowest BCUT2D eigenvalue weighted by Gasteiger charge is -2.29. The van der Waals surface area contributed by atoms with Gasteiger partial charge in [-0.25, -0.2) is 0 Å². The van der Waals surface area contributed by atoms with E-state index in [0.717, 1.165) is 39.0 Å². The second-order valence-electron chi connectivity index (χ2n) is 6.84. The molecule has 3 rings (SSSR count). The van der Waals surface area contributed by atoms with Crippen LogP contribution in [0.2, 0.25) is 0 Å². The maximum Gasteiger partial charge on any atom is 0.222 e. The molecular formula is C16H29ClN2O2. The molecule has 0 bridgehead atoms. The summed E-state index contributed by atoms with van der Waals surface area (Å²) in [4.78, 5) is 14.4. The highest BCUT2D eigenvalue weighted by Crippen LogP contribution is 2.35. The van der Waals surface area contributed by atoms with E-state index in [9.17, 15) is 4.79 Å². The van der Waals surface area contributed by atoms with Crippen LogP contribution in [0.4, 0.5) is 0 Å². The molecule has 122 valence electrons. The summed E-state index contributed by atoms with van der Waals surface area (Å²) in [7, 11) is 0. The Labute approximate surface area is 134 Å². The van der Waals surface area contributed by atoms with E-state index in [4.69, 9.17) is 10.5 Å². The predicted octanol–water partition coefficient (Wildman–Crippen LogP) is 2.34. The van der Waals surface area contributed by atoms with Crippen molar-refractivity contribution in [2.45, 2.75) is 63.5 Å².